The Kier molecular flexibility index (Phi) is 4.41. The Morgan fingerprint density at radius 1 is 1.48 bits per heavy atom. The summed E-state index contributed by atoms with van der Waals surface area (Å²) in [6.07, 6.45) is 0.0466. The van der Waals surface area contributed by atoms with Crippen LogP contribution >= 0.6 is 15.9 Å². The van der Waals surface area contributed by atoms with E-state index in [0.717, 1.165) is 0 Å². The Morgan fingerprint density at radius 2 is 2.14 bits per heavy atom. The standard InChI is InChI=1S/C12H12BrN3O5/c13-9-4-8(16(20)21)1-2-10(9)14-12(19)15-5-7(6-15)3-11(17)18/h1-2,4,7H,3,5-6H2,(H,14,19)(H,17,18). The summed E-state index contributed by atoms with van der Waals surface area (Å²) >= 11 is 3.16. The molecule has 0 spiro atoms. The quantitative estimate of drug-likeness (QED) is 0.633. The molecule has 2 rings (SSSR count). The van der Waals surface area contributed by atoms with Crippen molar-refractivity contribution >= 4 is 39.3 Å². The third kappa shape index (κ3) is 3.69. The minimum Gasteiger partial charge on any atom is -0.481 e. The molecule has 0 unspecified atom stereocenters. The number of halogens is 1. The first kappa shape index (κ1) is 15.2. The number of urea groups is 1. The van der Waals surface area contributed by atoms with Crippen molar-refractivity contribution in [2.24, 2.45) is 5.92 Å². The van der Waals surface area contributed by atoms with Crippen LogP contribution in [0, 0.1) is 16.0 Å². The SMILES string of the molecule is O=C(O)CC1CN(C(=O)Nc2ccc([N+](=O)[O-])cc2Br)C1. The Morgan fingerprint density at radius 3 is 2.67 bits per heavy atom. The van der Waals surface area contributed by atoms with Crippen LogP contribution in [0.4, 0.5) is 16.2 Å². The van der Waals surface area contributed by atoms with E-state index in [1.807, 2.05) is 0 Å². The van der Waals surface area contributed by atoms with E-state index in [0.29, 0.717) is 23.2 Å². The van der Waals surface area contributed by atoms with Crippen LogP contribution in [-0.2, 0) is 4.79 Å². The summed E-state index contributed by atoms with van der Waals surface area (Å²) in [5.41, 5.74) is 0.345. The van der Waals surface area contributed by atoms with Crippen LogP contribution in [0.5, 0.6) is 0 Å². The fourth-order valence-electron chi connectivity index (χ4n) is 2.02. The number of aliphatic carboxylic acids is 1. The van der Waals surface area contributed by atoms with Gasteiger partial charge in [0.05, 0.1) is 17.0 Å². The highest BCUT2D eigenvalue weighted by Gasteiger charge is 2.32. The molecule has 21 heavy (non-hydrogen) atoms. The Balaban J connectivity index is 1.92. The first-order valence-corrected chi connectivity index (χ1v) is 6.87. The van der Waals surface area contributed by atoms with Gasteiger partial charge in [-0.25, -0.2) is 4.79 Å². The lowest BCUT2D eigenvalue weighted by atomic mass is 9.97. The van der Waals surface area contributed by atoms with Gasteiger partial charge in [-0.2, -0.15) is 0 Å². The van der Waals surface area contributed by atoms with Crippen LogP contribution in [0.15, 0.2) is 22.7 Å². The van der Waals surface area contributed by atoms with Crippen molar-refractivity contribution < 1.29 is 19.6 Å². The van der Waals surface area contributed by atoms with Gasteiger partial charge in [-0.15, -0.1) is 0 Å². The molecule has 0 saturated carbocycles. The van der Waals surface area contributed by atoms with Gasteiger partial charge in [0, 0.05) is 35.6 Å². The van der Waals surface area contributed by atoms with E-state index in [4.69, 9.17) is 5.11 Å². The van der Waals surface area contributed by atoms with E-state index in [1.165, 1.54) is 23.1 Å². The zero-order valence-electron chi connectivity index (χ0n) is 10.8. The fraction of sp³-hybridized carbons (Fsp3) is 0.333. The first-order valence-electron chi connectivity index (χ1n) is 6.08. The van der Waals surface area contributed by atoms with Crippen LogP contribution < -0.4 is 5.32 Å². The molecule has 0 atom stereocenters. The number of non-ortho nitro benzene ring substituents is 1. The fourth-order valence-corrected chi connectivity index (χ4v) is 2.49. The number of carbonyl (C=O) groups excluding carboxylic acids is 1. The lowest BCUT2D eigenvalue weighted by Crippen LogP contribution is -2.52. The molecule has 112 valence electrons. The second-order valence-electron chi connectivity index (χ2n) is 4.72. The van der Waals surface area contributed by atoms with Crippen LogP contribution in [0.2, 0.25) is 0 Å². The van der Waals surface area contributed by atoms with E-state index in [9.17, 15) is 19.7 Å². The maximum Gasteiger partial charge on any atom is 0.321 e. The van der Waals surface area contributed by atoms with Gasteiger partial charge in [-0.1, -0.05) is 0 Å². The van der Waals surface area contributed by atoms with Crippen molar-refractivity contribution in [2.45, 2.75) is 6.42 Å². The number of carbonyl (C=O) groups is 2. The Hall–Kier alpha value is -2.16. The topological polar surface area (TPSA) is 113 Å². The van der Waals surface area contributed by atoms with Gasteiger partial charge in [-0.05, 0) is 22.0 Å². The van der Waals surface area contributed by atoms with Crippen molar-refractivity contribution in [3.05, 3.63) is 32.8 Å². The number of nitrogens with zero attached hydrogens (tertiary/aromatic N) is 2. The minimum atomic E-state index is -0.877. The summed E-state index contributed by atoms with van der Waals surface area (Å²) < 4.78 is 0.410. The summed E-state index contributed by atoms with van der Waals surface area (Å²) in [5, 5.41) is 21.9. The molecule has 9 heteroatoms. The van der Waals surface area contributed by atoms with E-state index >= 15 is 0 Å². The Bertz CT molecular complexity index is 601. The summed E-state index contributed by atoms with van der Waals surface area (Å²) in [4.78, 5) is 34.0. The summed E-state index contributed by atoms with van der Waals surface area (Å²) in [7, 11) is 0. The molecule has 1 fully saturated rings. The van der Waals surface area contributed by atoms with Gasteiger partial charge in [0.1, 0.15) is 0 Å². The largest absolute Gasteiger partial charge is 0.481 e. The molecular formula is C12H12BrN3O5. The third-order valence-electron chi connectivity index (χ3n) is 3.11. The van der Waals surface area contributed by atoms with E-state index in [1.54, 1.807) is 0 Å². The van der Waals surface area contributed by atoms with Gasteiger partial charge in [-0.3, -0.25) is 14.9 Å². The maximum absolute atomic E-state index is 11.9. The van der Waals surface area contributed by atoms with Gasteiger partial charge in [0.25, 0.3) is 5.69 Å². The molecule has 1 aliphatic heterocycles. The number of hydrogen-bond donors (Lipinski definition) is 2. The average molecular weight is 358 g/mol. The first-order chi connectivity index (χ1) is 9.86. The van der Waals surface area contributed by atoms with Crippen LogP contribution in [-0.4, -0.2) is 40.0 Å². The molecular weight excluding hydrogens is 346 g/mol. The lowest BCUT2D eigenvalue weighted by Gasteiger charge is -2.38. The van der Waals surface area contributed by atoms with Crippen molar-refractivity contribution in [3.63, 3.8) is 0 Å². The zero-order valence-corrected chi connectivity index (χ0v) is 12.4. The van der Waals surface area contributed by atoms with Crippen LogP contribution in [0.3, 0.4) is 0 Å². The Labute approximate surface area is 128 Å². The summed E-state index contributed by atoms with van der Waals surface area (Å²) in [5.74, 6) is -0.897. The predicted octanol–water partition coefficient (Wildman–Crippen LogP) is 2.30. The van der Waals surface area contributed by atoms with E-state index in [-0.39, 0.29) is 24.1 Å². The lowest BCUT2D eigenvalue weighted by molar-refractivity contribution is -0.384. The smallest absolute Gasteiger partial charge is 0.321 e. The number of amides is 2. The number of carboxylic acids is 1. The number of nitrogens with one attached hydrogen (secondary N) is 1. The minimum absolute atomic E-state index is 0.0199. The number of hydrogen-bond acceptors (Lipinski definition) is 4. The van der Waals surface area contributed by atoms with E-state index in [2.05, 4.69) is 21.2 Å². The molecule has 1 aliphatic rings. The maximum atomic E-state index is 11.9. The molecule has 0 aliphatic carbocycles. The molecule has 2 amide bonds. The molecule has 8 nitrogen and oxygen atoms in total. The number of nitro benzene ring substituents is 1. The normalized spacial score (nSPS) is 14.4. The van der Waals surface area contributed by atoms with Gasteiger partial charge in [0.2, 0.25) is 0 Å². The number of nitro groups is 1. The summed E-state index contributed by atoms with van der Waals surface area (Å²) in [6.45, 7) is 0.783. The molecule has 0 bridgehead atoms. The number of rotatable bonds is 4. The van der Waals surface area contributed by atoms with E-state index < -0.39 is 10.9 Å². The van der Waals surface area contributed by atoms with Gasteiger partial charge >= 0.3 is 12.0 Å². The number of likely N-dealkylation sites (tertiary alicyclic amines) is 1. The monoisotopic (exact) mass is 357 g/mol. The number of carboxylic acid groups (broad SMARTS) is 1. The molecule has 0 radical (unpaired) electrons. The van der Waals surface area contributed by atoms with Gasteiger partial charge in [0.15, 0.2) is 0 Å². The highest BCUT2D eigenvalue weighted by molar-refractivity contribution is 9.10. The molecule has 2 N–H and O–H groups in total. The zero-order chi connectivity index (χ0) is 15.6. The van der Waals surface area contributed by atoms with Crippen molar-refractivity contribution in [3.8, 4) is 0 Å². The van der Waals surface area contributed by atoms with Crippen molar-refractivity contribution in [1.82, 2.24) is 4.90 Å². The highest BCUT2D eigenvalue weighted by atomic mass is 79.9. The van der Waals surface area contributed by atoms with Crippen molar-refractivity contribution in [1.29, 1.82) is 0 Å². The second-order valence-corrected chi connectivity index (χ2v) is 5.57. The van der Waals surface area contributed by atoms with Gasteiger partial charge < -0.3 is 15.3 Å². The second kappa shape index (κ2) is 6.08. The third-order valence-corrected chi connectivity index (χ3v) is 3.77. The van der Waals surface area contributed by atoms with Crippen LogP contribution in [0.25, 0.3) is 0 Å². The predicted molar refractivity (Wildman–Crippen MR) is 77.1 cm³/mol. The van der Waals surface area contributed by atoms with Crippen molar-refractivity contribution in [2.75, 3.05) is 18.4 Å². The molecule has 1 aromatic rings. The molecule has 0 aromatic heterocycles. The average Bonchev–Trinajstić information content (AvgIpc) is 2.35. The molecule has 1 heterocycles. The van der Waals surface area contributed by atoms with Crippen LogP contribution in [0.1, 0.15) is 6.42 Å². The molecule has 1 saturated heterocycles. The number of anilines is 1. The number of benzene rings is 1. The highest BCUT2D eigenvalue weighted by Crippen LogP contribution is 2.28. The molecule has 1 aromatic carbocycles. The summed E-state index contributed by atoms with van der Waals surface area (Å²) in [6, 6.07) is 3.68.